The van der Waals surface area contributed by atoms with Crippen LogP contribution < -0.4 is 5.73 Å². The van der Waals surface area contributed by atoms with E-state index in [2.05, 4.69) is 13.8 Å². The third kappa shape index (κ3) is 2.86. The molecule has 0 amide bonds. The van der Waals surface area contributed by atoms with Gasteiger partial charge in [0.25, 0.3) is 0 Å². The molecule has 0 heterocycles. The van der Waals surface area contributed by atoms with Crippen molar-refractivity contribution in [3.8, 4) is 0 Å². The van der Waals surface area contributed by atoms with Gasteiger partial charge in [-0.3, -0.25) is 0 Å². The van der Waals surface area contributed by atoms with Crippen LogP contribution in [0.2, 0.25) is 5.02 Å². The van der Waals surface area contributed by atoms with Gasteiger partial charge in [-0.2, -0.15) is 0 Å². The highest BCUT2D eigenvalue weighted by Gasteiger charge is 2.37. The first kappa shape index (κ1) is 13.8. The van der Waals surface area contributed by atoms with Gasteiger partial charge in [0.1, 0.15) is 5.82 Å². The molecular formula is C15H21ClFN. The minimum atomic E-state index is -0.277. The molecule has 3 unspecified atom stereocenters. The Labute approximate surface area is 114 Å². The van der Waals surface area contributed by atoms with E-state index in [0.717, 1.165) is 25.2 Å². The fourth-order valence-corrected chi connectivity index (χ4v) is 3.16. The Morgan fingerprint density at radius 2 is 2.17 bits per heavy atom. The van der Waals surface area contributed by atoms with Crippen LogP contribution in [0, 0.1) is 17.7 Å². The third-order valence-electron chi connectivity index (χ3n) is 4.37. The Morgan fingerprint density at radius 3 is 2.78 bits per heavy atom. The van der Waals surface area contributed by atoms with Crippen molar-refractivity contribution in [2.24, 2.45) is 17.6 Å². The summed E-state index contributed by atoms with van der Waals surface area (Å²) in [5.41, 5.74) is 6.91. The molecule has 2 N–H and O–H groups in total. The largest absolute Gasteiger partial charge is 0.325 e. The summed E-state index contributed by atoms with van der Waals surface area (Å²) < 4.78 is 13.8. The van der Waals surface area contributed by atoms with Gasteiger partial charge in [0.05, 0.1) is 0 Å². The van der Waals surface area contributed by atoms with Crippen molar-refractivity contribution in [1.82, 2.24) is 0 Å². The normalized spacial score (nSPS) is 32.5. The molecule has 1 aliphatic carbocycles. The number of rotatable bonds is 2. The maximum absolute atomic E-state index is 13.8. The summed E-state index contributed by atoms with van der Waals surface area (Å²) >= 11 is 5.77. The molecule has 18 heavy (non-hydrogen) atoms. The molecule has 0 aliphatic heterocycles. The van der Waals surface area contributed by atoms with Crippen LogP contribution in [0.25, 0.3) is 0 Å². The molecule has 100 valence electrons. The van der Waals surface area contributed by atoms with Crippen molar-refractivity contribution >= 4 is 11.6 Å². The molecular weight excluding hydrogens is 249 g/mol. The zero-order valence-electron chi connectivity index (χ0n) is 11.0. The number of halogens is 2. The molecule has 0 saturated heterocycles. The van der Waals surface area contributed by atoms with Crippen LogP contribution in [0.15, 0.2) is 18.2 Å². The highest BCUT2D eigenvalue weighted by Crippen LogP contribution is 2.37. The van der Waals surface area contributed by atoms with Gasteiger partial charge in [-0.25, -0.2) is 4.39 Å². The zero-order chi connectivity index (χ0) is 13.3. The average molecular weight is 270 g/mol. The van der Waals surface area contributed by atoms with Gasteiger partial charge in [-0.1, -0.05) is 31.5 Å². The van der Waals surface area contributed by atoms with E-state index in [4.69, 9.17) is 17.3 Å². The Kier molecular flexibility index (Phi) is 3.98. The molecule has 1 aromatic rings. The number of hydrogen-bond acceptors (Lipinski definition) is 1. The quantitative estimate of drug-likeness (QED) is 0.857. The molecule has 1 aromatic carbocycles. The molecule has 1 fully saturated rings. The summed E-state index contributed by atoms with van der Waals surface area (Å²) in [4.78, 5) is 0. The molecule has 0 aromatic heterocycles. The first-order valence-electron chi connectivity index (χ1n) is 6.63. The van der Waals surface area contributed by atoms with Crippen LogP contribution in [-0.2, 0) is 6.42 Å². The van der Waals surface area contributed by atoms with E-state index >= 15 is 0 Å². The van der Waals surface area contributed by atoms with Crippen LogP contribution in [0.5, 0.6) is 0 Å². The van der Waals surface area contributed by atoms with Crippen LogP contribution in [0.4, 0.5) is 4.39 Å². The summed E-state index contributed by atoms with van der Waals surface area (Å²) in [7, 11) is 0. The van der Waals surface area contributed by atoms with Gasteiger partial charge in [0.15, 0.2) is 0 Å². The Morgan fingerprint density at radius 1 is 1.44 bits per heavy atom. The second-order valence-corrected chi connectivity index (χ2v) is 6.36. The van der Waals surface area contributed by atoms with Crippen molar-refractivity contribution in [1.29, 1.82) is 0 Å². The number of hydrogen-bond donors (Lipinski definition) is 1. The third-order valence-corrected chi connectivity index (χ3v) is 4.61. The van der Waals surface area contributed by atoms with Gasteiger partial charge in [-0.05, 0) is 55.2 Å². The van der Waals surface area contributed by atoms with Crippen LogP contribution in [-0.4, -0.2) is 5.54 Å². The lowest BCUT2D eigenvalue weighted by Gasteiger charge is -2.42. The first-order valence-corrected chi connectivity index (χ1v) is 7.01. The van der Waals surface area contributed by atoms with Gasteiger partial charge in [-0.15, -0.1) is 0 Å². The average Bonchev–Trinajstić information content (AvgIpc) is 2.29. The van der Waals surface area contributed by atoms with E-state index in [9.17, 15) is 4.39 Å². The van der Waals surface area contributed by atoms with Crippen LogP contribution >= 0.6 is 11.6 Å². The van der Waals surface area contributed by atoms with Gasteiger partial charge >= 0.3 is 0 Å². The van der Waals surface area contributed by atoms with Crippen molar-refractivity contribution in [2.75, 3.05) is 0 Å². The maximum Gasteiger partial charge on any atom is 0.127 e. The van der Waals surface area contributed by atoms with Crippen LogP contribution in [0.1, 0.15) is 38.7 Å². The summed E-state index contributed by atoms with van der Waals surface area (Å²) in [6, 6.07) is 4.87. The number of nitrogens with two attached hydrogens (primary N) is 1. The van der Waals surface area contributed by atoms with E-state index in [1.54, 1.807) is 12.1 Å². The smallest absolute Gasteiger partial charge is 0.127 e. The summed E-state index contributed by atoms with van der Waals surface area (Å²) in [5, 5.41) is 0.438. The highest BCUT2D eigenvalue weighted by atomic mass is 35.5. The van der Waals surface area contributed by atoms with Gasteiger partial charge in [0.2, 0.25) is 0 Å². The first-order chi connectivity index (χ1) is 8.40. The minimum Gasteiger partial charge on any atom is -0.325 e. The molecule has 3 heteroatoms. The molecule has 2 rings (SSSR count). The molecule has 1 aliphatic rings. The molecule has 0 spiro atoms. The molecule has 3 atom stereocenters. The Bertz CT molecular complexity index is 435. The predicted molar refractivity (Wildman–Crippen MR) is 74.2 cm³/mol. The fourth-order valence-electron chi connectivity index (χ4n) is 3.00. The lowest BCUT2D eigenvalue weighted by molar-refractivity contribution is 0.162. The summed E-state index contributed by atoms with van der Waals surface area (Å²) in [6.07, 6.45) is 3.84. The Balaban J connectivity index is 2.17. The molecule has 1 nitrogen and oxygen atoms in total. The van der Waals surface area contributed by atoms with Crippen molar-refractivity contribution in [3.63, 3.8) is 0 Å². The second kappa shape index (κ2) is 5.18. The van der Waals surface area contributed by atoms with Crippen molar-refractivity contribution in [3.05, 3.63) is 34.6 Å². The van der Waals surface area contributed by atoms with E-state index in [1.165, 1.54) is 6.07 Å². The summed E-state index contributed by atoms with van der Waals surface area (Å²) in [6.45, 7) is 4.45. The van der Waals surface area contributed by atoms with Crippen molar-refractivity contribution < 1.29 is 4.39 Å². The lowest BCUT2D eigenvalue weighted by Crippen LogP contribution is -2.51. The van der Waals surface area contributed by atoms with E-state index in [1.807, 2.05) is 0 Å². The standard InChI is InChI=1S/C15H21ClFN/c1-10-5-6-15(18,11(2)7-10)9-12-3-4-13(16)8-14(12)17/h3-4,8,10-11H,5-7,9,18H2,1-2H3. The summed E-state index contributed by atoms with van der Waals surface area (Å²) in [5.74, 6) is 0.918. The fraction of sp³-hybridized carbons (Fsp3) is 0.600. The lowest BCUT2D eigenvalue weighted by atomic mass is 9.68. The minimum absolute atomic E-state index is 0.238. The predicted octanol–water partition coefficient (Wildman–Crippen LogP) is 4.18. The van der Waals surface area contributed by atoms with E-state index in [-0.39, 0.29) is 11.4 Å². The van der Waals surface area contributed by atoms with Gasteiger partial charge < -0.3 is 5.73 Å². The molecule has 0 bridgehead atoms. The molecule has 1 saturated carbocycles. The van der Waals surface area contributed by atoms with Crippen LogP contribution in [0.3, 0.4) is 0 Å². The Hall–Kier alpha value is -0.600. The monoisotopic (exact) mass is 269 g/mol. The van der Waals surface area contributed by atoms with Crippen molar-refractivity contribution in [2.45, 2.75) is 45.1 Å². The van der Waals surface area contributed by atoms with Gasteiger partial charge in [0, 0.05) is 10.6 Å². The molecule has 0 radical (unpaired) electrons. The second-order valence-electron chi connectivity index (χ2n) is 5.93. The van der Waals surface area contributed by atoms with E-state index < -0.39 is 0 Å². The SMILES string of the molecule is CC1CCC(N)(Cc2ccc(Cl)cc2F)C(C)C1. The van der Waals surface area contributed by atoms with E-state index in [0.29, 0.717) is 22.9 Å². The zero-order valence-corrected chi connectivity index (χ0v) is 11.8. The highest BCUT2D eigenvalue weighted by molar-refractivity contribution is 6.30. The number of benzene rings is 1. The topological polar surface area (TPSA) is 26.0 Å². The maximum atomic E-state index is 13.8.